The molecule has 23 heavy (non-hydrogen) atoms. The van der Waals surface area contributed by atoms with E-state index in [0.717, 1.165) is 37.7 Å². The van der Waals surface area contributed by atoms with Gasteiger partial charge in [-0.05, 0) is 69.1 Å². The first kappa shape index (κ1) is 15.4. The zero-order valence-corrected chi connectivity index (χ0v) is 14.7. The van der Waals surface area contributed by atoms with Crippen LogP contribution in [-0.4, -0.2) is 16.9 Å². The summed E-state index contributed by atoms with van der Waals surface area (Å²) in [5.41, 5.74) is 1.43. The van der Waals surface area contributed by atoms with Gasteiger partial charge in [-0.3, -0.25) is 9.59 Å². The fourth-order valence-electron chi connectivity index (χ4n) is 7.59. The van der Waals surface area contributed by atoms with Crippen LogP contribution in [0.15, 0.2) is 11.1 Å². The van der Waals surface area contributed by atoms with Crippen molar-refractivity contribution in [2.24, 2.45) is 34.0 Å². The lowest BCUT2D eigenvalue weighted by atomic mass is 9.45. The molecule has 3 saturated carbocycles. The molecule has 1 N–H and O–H groups in total. The predicted octanol–water partition coefficient (Wildman–Crippen LogP) is 4.22. The fraction of sp³-hybridized carbons (Fsp3) is 0.800. The first-order chi connectivity index (χ1) is 10.7. The van der Waals surface area contributed by atoms with Gasteiger partial charge in [-0.15, -0.1) is 0 Å². The highest BCUT2D eigenvalue weighted by atomic mass is 16.4. The van der Waals surface area contributed by atoms with Crippen LogP contribution in [0.3, 0.4) is 0 Å². The second kappa shape index (κ2) is 4.29. The Bertz CT molecular complexity index is 647. The van der Waals surface area contributed by atoms with Crippen molar-refractivity contribution in [3.05, 3.63) is 11.1 Å². The number of ketones is 1. The molecule has 1 unspecified atom stereocenters. The summed E-state index contributed by atoms with van der Waals surface area (Å²) >= 11 is 0. The average Bonchev–Trinajstić information content (AvgIpc) is 2.56. The molecule has 0 heterocycles. The molecule has 3 fully saturated rings. The van der Waals surface area contributed by atoms with Gasteiger partial charge in [0.15, 0.2) is 5.78 Å². The first-order valence-corrected chi connectivity index (χ1v) is 9.16. The van der Waals surface area contributed by atoms with Crippen molar-refractivity contribution in [2.75, 3.05) is 0 Å². The number of carbonyl (C=O) groups excluding carboxylic acids is 1. The normalized spacial score (nSPS) is 51.7. The maximum Gasteiger partial charge on any atom is 0.310 e. The number of aliphatic carboxylic acids is 1. The first-order valence-electron chi connectivity index (χ1n) is 9.16. The smallest absolute Gasteiger partial charge is 0.310 e. The van der Waals surface area contributed by atoms with Crippen molar-refractivity contribution in [3.8, 4) is 0 Å². The molecule has 4 aliphatic rings. The van der Waals surface area contributed by atoms with Crippen LogP contribution in [0.4, 0.5) is 0 Å². The maximum atomic E-state index is 12.4. The SMILES string of the molecule is CC1=C2C(=O)C[C@@]2(C)[C@@H]2C[C@@H]3CC[C@@H](C)[C@@]2(CC1)C3(C)C(=O)O. The van der Waals surface area contributed by atoms with Crippen molar-refractivity contribution >= 4 is 11.8 Å². The standard InChI is InChI=1S/C20H28O3/c1-11-7-8-20-12(2)5-6-13(19(20,4)17(22)23)9-15(20)18(3)10-14(21)16(11)18/h12-13,15H,5-10H2,1-4H3,(H,22,23)/t12-,13+,15+,18+,19?,20-/m1/s1. The van der Waals surface area contributed by atoms with E-state index in [4.69, 9.17) is 0 Å². The van der Waals surface area contributed by atoms with Crippen molar-refractivity contribution < 1.29 is 14.7 Å². The van der Waals surface area contributed by atoms with E-state index < -0.39 is 11.4 Å². The van der Waals surface area contributed by atoms with Crippen LogP contribution in [0.1, 0.15) is 66.2 Å². The average molecular weight is 316 g/mol. The van der Waals surface area contributed by atoms with Gasteiger partial charge in [0.05, 0.1) is 5.41 Å². The van der Waals surface area contributed by atoms with E-state index in [2.05, 4.69) is 20.8 Å². The Kier molecular flexibility index (Phi) is 2.87. The summed E-state index contributed by atoms with van der Waals surface area (Å²) in [6, 6.07) is 0. The zero-order chi connectivity index (χ0) is 16.8. The quantitative estimate of drug-likeness (QED) is 0.788. The molecule has 4 rings (SSSR count). The number of hydrogen-bond donors (Lipinski definition) is 1. The number of carboxylic acid groups (broad SMARTS) is 1. The van der Waals surface area contributed by atoms with Crippen LogP contribution >= 0.6 is 0 Å². The van der Waals surface area contributed by atoms with Crippen LogP contribution in [0.25, 0.3) is 0 Å². The highest BCUT2D eigenvalue weighted by molar-refractivity contribution is 6.05. The van der Waals surface area contributed by atoms with E-state index in [0.29, 0.717) is 24.0 Å². The van der Waals surface area contributed by atoms with Gasteiger partial charge in [-0.25, -0.2) is 0 Å². The summed E-state index contributed by atoms with van der Waals surface area (Å²) in [6.45, 7) is 8.66. The van der Waals surface area contributed by atoms with Crippen molar-refractivity contribution in [1.82, 2.24) is 0 Å². The molecular weight excluding hydrogens is 288 g/mol. The minimum atomic E-state index is -0.632. The Morgan fingerprint density at radius 1 is 1.26 bits per heavy atom. The lowest BCUT2D eigenvalue weighted by molar-refractivity contribution is -0.173. The Morgan fingerprint density at radius 3 is 2.57 bits per heavy atom. The van der Waals surface area contributed by atoms with Gasteiger partial charge in [0.1, 0.15) is 0 Å². The molecule has 3 heteroatoms. The molecule has 2 bridgehead atoms. The number of carboxylic acids is 1. The maximum absolute atomic E-state index is 12.4. The monoisotopic (exact) mass is 316 g/mol. The third kappa shape index (κ3) is 1.44. The van der Waals surface area contributed by atoms with E-state index in [1.807, 2.05) is 6.92 Å². The highest BCUT2D eigenvalue weighted by Gasteiger charge is 2.74. The summed E-state index contributed by atoms with van der Waals surface area (Å²) < 4.78 is 0. The van der Waals surface area contributed by atoms with Gasteiger partial charge in [-0.1, -0.05) is 19.4 Å². The lowest BCUT2D eigenvalue weighted by Gasteiger charge is -2.57. The minimum Gasteiger partial charge on any atom is -0.481 e. The van der Waals surface area contributed by atoms with Gasteiger partial charge < -0.3 is 5.11 Å². The summed E-state index contributed by atoms with van der Waals surface area (Å²) in [5, 5.41) is 10.2. The van der Waals surface area contributed by atoms with Gasteiger partial charge >= 0.3 is 5.97 Å². The Morgan fingerprint density at radius 2 is 1.96 bits per heavy atom. The topological polar surface area (TPSA) is 54.4 Å². The number of Topliss-reactive ketones (excluding diaryl/α,β-unsaturated/α-hetero) is 1. The Labute approximate surface area is 138 Å². The molecule has 1 spiro atoms. The summed E-state index contributed by atoms with van der Waals surface area (Å²) in [5.74, 6) is 0.754. The molecule has 0 amide bonds. The number of carbonyl (C=O) groups is 2. The van der Waals surface area contributed by atoms with Crippen molar-refractivity contribution in [1.29, 1.82) is 0 Å². The molecule has 3 nitrogen and oxygen atoms in total. The fourth-order valence-corrected chi connectivity index (χ4v) is 7.59. The lowest BCUT2D eigenvalue weighted by Crippen LogP contribution is -2.57. The molecule has 0 radical (unpaired) electrons. The van der Waals surface area contributed by atoms with E-state index in [1.54, 1.807) is 0 Å². The van der Waals surface area contributed by atoms with Gasteiger partial charge in [-0.2, -0.15) is 0 Å². The predicted molar refractivity (Wildman–Crippen MR) is 87.8 cm³/mol. The minimum absolute atomic E-state index is 0.0816. The Balaban J connectivity index is 1.94. The van der Waals surface area contributed by atoms with E-state index in [1.165, 1.54) is 5.57 Å². The molecule has 6 atom stereocenters. The third-order valence-corrected chi connectivity index (χ3v) is 8.68. The number of fused-ring (bicyclic) bond motifs is 3. The van der Waals surface area contributed by atoms with Crippen LogP contribution in [-0.2, 0) is 9.59 Å². The van der Waals surface area contributed by atoms with Gasteiger partial charge in [0.2, 0.25) is 0 Å². The van der Waals surface area contributed by atoms with Crippen molar-refractivity contribution in [3.63, 3.8) is 0 Å². The van der Waals surface area contributed by atoms with Gasteiger partial charge in [0.25, 0.3) is 0 Å². The van der Waals surface area contributed by atoms with E-state index >= 15 is 0 Å². The van der Waals surface area contributed by atoms with Crippen LogP contribution in [0, 0.1) is 34.0 Å². The molecule has 4 aliphatic carbocycles. The molecule has 0 aromatic heterocycles. The summed E-state index contributed by atoms with van der Waals surface area (Å²) in [6.07, 6.45) is 5.63. The number of hydrogen-bond acceptors (Lipinski definition) is 2. The van der Waals surface area contributed by atoms with Crippen LogP contribution in [0.5, 0.6) is 0 Å². The highest BCUT2D eigenvalue weighted by Crippen LogP contribution is 2.76. The van der Waals surface area contributed by atoms with Crippen LogP contribution < -0.4 is 0 Å². The molecule has 0 saturated heterocycles. The second-order valence-corrected chi connectivity index (χ2v) is 9.18. The third-order valence-electron chi connectivity index (χ3n) is 8.68. The summed E-state index contributed by atoms with van der Waals surface area (Å²) in [4.78, 5) is 24.7. The molecular formula is C20H28O3. The van der Waals surface area contributed by atoms with Crippen LogP contribution in [0.2, 0.25) is 0 Å². The number of rotatable bonds is 1. The van der Waals surface area contributed by atoms with E-state index in [-0.39, 0.29) is 16.7 Å². The van der Waals surface area contributed by atoms with E-state index in [9.17, 15) is 14.7 Å². The van der Waals surface area contributed by atoms with Gasteiger partial charge in [0, 0.05) is 17.4 Å². The molecule has 0 aromatic carbocycles. The zero-order valence-electron chi connectivity index (χ0n) is 14.7. The van der Waals surface area contributed by atoms with Crippen molar-refractivity contribution in [2.45, 2.75) is 66.2 Å². The number of allylic oxidation sites excluding steroid dienone is 2. The molecule has 0 aliphatic heterocycles. The second-order valence-electron chi connectivity index (χ2n) is 9.18. The molecule has 126 valence electrons. The molecule has 0 aromatic rings. The Hall–Kier alpha value is -1.12. The summed E-state index contributed by atoms with van der Waals surface area (Å²) in [7, 11) is 0. The largest absolute Gasteiger partial charge is 0.481 e.